The van der Waals surface area contributed by atoms with Gasteiger partial charge in [-0.15, -0.1) is 6.42 Å². The van der Waals surface area contributed by atoms with Gasteiger partial charge in [-0.1, -0.05) is 70.1 Å². The lowest BCUT2D eigenvalue weighted by Crippen LogP contribution is -2.54. The minimum atomic E-state index is -1.33. The Morgan fingerprint density at radius 3 is 2.25 bits per heavy atom. The minimum Gasteiger partial charge on any atom is -0.444 e. The van der Waals surface area contributed by atoms with Crippen molar-refractivity contribution >= 4 is 23.8 Å². The Morgan fingerprint density at radius 1 is 1.02 bits per heavy atom. The summed E-state index contributed by atoms with van der Waals surface area (Å²) in [5.74, 6) is 0.842. The lowest BCUT2D eigenvalue weighted by molar-refractivity contribution is -0.143. The first-order valence-corrected chi connectivity index (χ1v) is 14.3. The van der Waals surface area contributed by atoms with E-state index in [0.29, 0.717) is 17.5 Å². The quantitative estimate of drug-likeness (QED) is 0.203. The molecule has 1 aromatic rings. The van der Waals surface area contributed by atoms with Gasteiger partial charge in [0.1, 0.15) is 17.7 Å². The molecular weight excluding hydrogens is 508 g/mol. The summed E-state index contributed by atoms with van der Waals surface area (Å²) in [6.07, 6.45) is 10.6. The second-order valence-electron chi connectivity index (χ2n) is 11.1. The van der Waals surface area contributed by atoms with Crippen LogP contribution in [0.15, 0.2) is 24.3 Å². The molecule has 0 saturated heterocycles. The van der Waals surface area contributed by atoms with E-state index in [9.17, 15) is 19.2 Å². The fourth-order valence-corrected chi connectivity index (χ4v) is 4.45. The molecule has 0 spiro atoms. The SMILES string of the molecule is C#Cc1ccccc1C(C(=O)NC(C)CCC)N(CCCCCCC)C(=O)C(CC(N)=O)NC(=O)OC(C)(C)C. The van der Waals surface area contributed by atoms with Crippen molar-refractivity contribution in [1.82, 2.24) is 15.5 Å². The highest BCUT2D eigenvalue weighted by atomic mass is 16.6. The first kappa shape index (κ1) is 34.5. The Balaban J connectivity index is 3.59. The Hall–Kier alpha value is -3.54. The van der Waals surface area contributed by atoms with Crippen LogP contribution < -0.4 is 16.4 Å². The summed E-state index contributed by atoms with van der Waals surface area (Å²) in [7, 11) is 0. The maximum absolute atomic E-state index is 14.1. The number of unbranched alkanes of at least 4 members (excludes halogenated alkanes) is 4. The number of rotatable bonds is 16. The number of amides is 4. The van der Waals surface area contributed by atoms with Gasteiger partial charge in [0, 0.05) is 18.2 Å². The van der Waals surface area contributed by atoms with Gasteiger partial charge in [0.25, 0.3) is 0 Å². The number of primary amides is 1. The predicted molar refractivity (Wildman–Crippen MR) is 157 cm³/mol. The number of ether oxygens (including phenoxy) is 1. The van der Waals surface area contributed by atoms with Crippen molar-refractivity contribution in [1.29, 1.82) is 0 Å². The number of benzene rings is 1. The molecule has 0 heterocycles. The zero-order chi connectivity index (χ0) is 30.3. The van der Waals surface area contributed by atoms with Gasteiger partial charge in [0.05, 0.1) is 6.42 Å². The largest absolute Gasteiger partial charge is 0.444 e. The third kappa shape index (κ3) is 12.1. The van der Waals surface area contributed by atoms with E-state index in [2.05, 4.69) is 23.5 Å². The van der Waals surface area contributed by atoms with Gasteiger partial charge in [-0.25, -0.2) is 4.79 Å². The maximum Gasteiger partial charge on any atom is 0.408 e. The molecule has 1 rings (SSSR count). The average Bonchev–Trinajstić information content (AvgIpc) is 2.85. The van der Waals surface area contributed by atoms with Crippen LogP contribution in [0.1, 0.15) is 110 Å². The van der Waals surface area contributed by atoms with Gasteiger partial charge in [-0.05, 0) is 52.2 Å². The molecular formula is C31H48N4O5. The van der Waals surface area contributed by atoms with Crippen molar-refractivity contribution in [2.24, 2.45) is 5.73 Å². The van der Waals surface area contributed by atoms with Gasteiger partial charge in [0.2, 0.25) is 17.7 Å². The molecule has 0 fully saturated rings. The highest BCUT2D eigenvalue weighted by molar-refractivity contribution is 5.94. The Kier molecular flexibility index (Phi) is 14.8. The molecule has 1 aromatic carbocycles. The molecule has 0 aromatic heterocycles. The number of hydrogen-bond donors (Lipinski definition) is 3. The molecule has 0 aliphatic heterocycles. The second kappa shape index (κ2) is 17.2. The van der Waals surface area contributed by atoms with E-state index in [1.165, 1.54) is 4.90 Å². The molecule has 4 N–H and O–H groups in total. The van der Waals surface area contributed by atoms with Crippen molar-refractivity contribution in [3.05, 3.63) is 35.4 Å². The van der Waals surface area contributed by atoms with E-state index >= 15 is 0 Å². The number of nitrogens with zero attached hydrogens (tertiary/aromatic N) is 1. The van der Waals surface area contributed by atoms with E-state index < -0.39 is 42.0 Å². The first-order chi connectivity index (χ1) is 18.8. The van der Waals surface area contributed by atoms with Crippen LogP contribution in [0.3, 0.4) is 0 Å². The topological polar surface area (TPSA) is 131 Å². The number of carbonyl (C=O) groups excluding carboxylic acids is 4. The van der Waals surface area contributed by atoms with E-state index in [1.807, 2.05) is 13.8 Å². The summed E-state index contributed by atoms with van der Waals surface area (Å²) in [6.45, 7) is 11.3. The summed E-state index contributed by atoms with van der Waals surface area (Å²) in [4.78, 5) is 54.0. The molecule has 3 atom stereocenters. The Labute approximate surface area is 240 Å². The van der Waals surface area contributed by atoms with E-state index in [1.54, 1.807) is 45.0 Å². The van der Waals surface area contributed by atoms with Crippen LogP contribution in [-0.2, 0) is 19.1 Å². The molecule has 0 aliphatic rings. The van der Waals surface area contributed by atoms with Crippen molar-refractivity contribution in [3.8, 4) is 12.3 Å². The summed E-state index contributed by atoms with van der Waals surface area (Å²) < 4.78 is 5.34. The Morgan fingerprint density at radius 2 is 1.68 bits per heavy atom. The van der Waals surface area contributed by atoms with Crippen LogP contribution in [0.25, 0.3) is 0 Å². The third-order valence-electron chi connectivity index (χ3n) is 6.26. The van der Waals surface area contributed by atoms with E-state index in [4.69, 9.17) is 16.9 Å². The van der Waals surface area contributed by atoms with Gasteiger partial charge in [-0.3, -0.25) is 14.4 Å². The number of hydrogen-bond acceptors (Lipinski definition) is 5. The predicted octanol–water partition coefficient (Wildman–Crippen LogP) is 4.58. The van der Waals surface area contributed by atoms with Crippen molar-refractivity contribution in [2.45, 2.75) is 117 Å². The maximum atomic E-state index is 14.1. The number of carbonyl (C=O) groups is 4. The summed E-state index contributed by atoms with van der Waals surface area (Å²) in [5, 5.41) is 5.53. The normalized spacial score (nSPS) is 13.3. The number of alkyl carbamates (subject to hydrolysis) is 1. The standard InChI is InChI=1S/C31H48N4O5/c1-8-11-12-13-16-20-35(29(38)25(21-26(32)36)34-30(39)40-31(5,6)7)27(28(37)33-22(4)17-9-2)24-19-15-14-18-23(24)10-3/h3,14-15,18-19,22,25,27H,8-9,11-13,16-17,20-21H2,1-2,4-7H3,(H2,32,36)(H,33,37)(H,34,39). The average molecular weight is 557 g/mol. The number of nitrogens with one attached hydrogen (secondary N) is 2. The second-order valence-corrected chi connectivity index (χ2v) is 11.1. The molecule has 9 nitrogen and oxygen atoms in total. The van der Waals surface area contributed by atoms with Gasteiger partial charge >= 0.3 is 6.09 Å². The van der Waals surface area contributed by atoms with Crippen LogP contribution >= 0.6 is 0 Å². The fraction of sp³-hybridized carbons (Fsp3) is 0.613. The van der Waals surface area contributed by atoms with Crippen LogP contribution in [0.5, 0.6) is 0 Å². The lowest BCUT2D eigenvalue weighted by Gasteiger charge is -2.35. The smallest absolute Gasteiger partial charge is 0.408 e. The van der Waals surface area contributed by atoms with Crippen LogP contribution in [0.4, 0.5) is 4.79 Å². The van der Waals surface area contributed by atoms with Gasteiger partial charge in [0.15, 0.2) is 0 Å². The molecule has 4 amide bonds. The van der Waals surface area contributed by atoms with Gasteiger partial charge in [-0.2, -0.15) is 0 Å². The number of nitrogens with two attached hydrogens (primary N) is 1. The van der Waals surface area contributed by atoms with E-state index in [0.717, 1.165) is 38.5 Å². The summed E-state index contributed by atoms with van der Waals surface area (Å²) in [6, 6.07) is 4.42. The fourth-order valence-electron chi connectivity index (χ4n) is 4.45. The summed E-state index contributed by atoms with van der Waals surface area (Å²) in [5.41, 5.74) is 5.61. The monoisotopic (exact) mass is 556 g/mol. The highest BCUT2D eigenvalue weighted by Gasteiger charge is 2.37. The molecule has 222 valence electrons. The van der Waals surface area contributed by atoms with Crippen molar-refractivity contribution < 1.29 is 23.9 Å². The highest BCUT2D eigenvalue weighted by Crippen LogP contribution is 2.27. The molecule has 9 heteroatoms. The summed E-state index contributed by atoms with van der Waals surface area (Å²) >= 11 is 0. The molecule has 0 aliphatic carbocycles. The van der Waals surface area contributed by atoms with Gasteiger partial charge < -0.3 is 26.0 Å². The molecule has 40 heavy (non-hydrogen) atoms. The zero-order valence-corrected chi connectivity index (χ0v) is 25.0. The molecule has 0 bridgehead atoms. The third-order valence-corrected chi connectivity index (χ3v) is 6.26. The van der Waals surface area contributed by atoms with E-state index in [-0.39, 0.29) is 18.5 Å². The van der Waals surface area contributed by atoms with Crippen LogP contribution in [0.2, 0.25) is 0 Å². The Bertz CT molecular complexity index is 1030. The van der Waals surface area contributed by atoms with Crippen molar-refractivity contribution in [3.63, 3.8) is 0 Å². The lowest BCUT2D eigenvalue weighted by atomic mass is 9.96. The minimum absolute atomic E-state index is 0.138. The van der Waals surface area contributed by atoms with Crippen molar-refractivity contribution in [2.75, 3.05) is 6.54 Å². The first-order valence-electron chi connectivity index (χ1n) is 14.3. The zero-order valence-electron chi connectivity index (χ0n) is 25.0. The van der Waals surface area contributed by atoms with Crippen LogP contribution in [0, 0.1) is 12.3 Å². The molecule has 0 radical (unpaired) electrons. The molecule has 3 unspecified atom stereocenters. The number of terminal acetylenes is 1. The molecule has 0 saturated carbocycles. The van der Waals surface area contributed by atoms with Crippen LogP contribution in [-0.4, -0.2) is 52.9 Å².